The van der Waals surface area contributed by atoms with E-state index in [1.165, 1.54) is 0 Å². The van der Waals surface area contributed by atoms with Crippen molar-refractivity contribution in [3.63, 3.8) is 0 Å². The second-order valence-electron chi connectivity index (χ2n) is 4.69. The average molecular weight is 313 g/mol. The van der Waals surface area contributed by atoms with Gasteiger partial charge >= 0.3 is 0 Å². The molecule has 0 radical (unpaired) electrons. The second kappa shape index (κ2) is 5.38. The number of carbonyl (C=O) groups is 1. The molecule has 1 aliphatic heterocycles. The molecule has 98 valence electrons. The third-order valence-corrected chi connectivity index (χ3v) is 4.01. The lowest BCUT2D eigenvalue weighted by atomic mass is 10.1. The molecule has 1 aliphatic rings. The summed E-state index contributed by atoms with van der Waals surface area (Å²) >= 11 is 3.48. The van der Waals surface area contributed by atoms with Crippen LogP contribution in [0.5, 0.6) is 0 Å². The number of halogens is 1. The van der Waals surface area contributed by atoms with E-state index in [4.69, 9.17) is 0 Å². The number of aryl methyl sites for hydroxylation is 1. The summed E-state index contributed by atoms with van der Waals surface area (Å²) in [4.78, 5) is 13.9. The Morgan fingerprint density at radius 2 is 2.28 bits per heavy atom. The lowest BCUT2D eigenvalue weighted by Crippen LogP contribution is -2.60. The van der Waals surface area contributed by atoms with Crippen molar-refractivity contribution in [2.75, 3.05) is 18.1 Å². The second-order valence-corrected chi connectivity index (χ2v) is 5.54. The smallest absolute Gasteiger partial charge is 0.246 e. The molecule has 0 bridgehead atoms. The van der Waals surface area contributed by atoms with Crippen LogP contribution in [0.2, 0.25) is 0 Å². The number of benzene rings is 1. The Bertz CT molecular complexity index is 464. The summed E-state index contributed by atoms with van der Waals surface area (Å²) < 4.78 is 0.986. The molecule has 2 rings (SSSR count). The van der Waals surface area contributed by atoms with Crippen LogP contribution in [0.25, 0.3) is 0 Å². The summed E-state index contributed by atoms with van der Waals surface area (Å²) in [6, 6.07) is 5.52. The Morgan fingerprint density at radius 3 is 2.89 bits per heavy atom. The summed E-state index contributed by atoms with van der Waals surface area (Å²) in [5.41, 5.74) is 2.00. The van der Waals surface area contributed by atoms with Crippen molar-refractivity contribution in [2.45, 2.75) is 25.9 Å². The quantitative estimate of drug-likeness (QED) is 0.869. The summed E-state index contributed by atoms with van der Waals surface area (Å²) in [5, 5.41) is 12.3. The monoisotopic (exact) mass is 312 g/mol. The highest BCUT2D eigenvalue weighted by atomic mass is 79.9. The van der Waals surface area contributed by atoms with E-state index in [2.05, 4.69) is 21.2 Å². The Morgan fingerprint density at radius 1 is 1.56 bits per heavy atom. The van der Waals surface area contributed by atoms with E-state index in [-0.39, 0.29) is 18.6 Å². The van der Waals surface area contributed by atoms with E-state index in [1.807, 2.05) is 32.0 Å². The zero-order valence-electron chi connectivity index (χ0n) is 10.5. The standard InChI is InChI=1S/C13H17BrN2O2/c1-8-3-4-10(5-11(8)14)16-6-9(2)15-12(7-17)13(16)18/h3-5,9,12,15,17H,6-7H2,1-2H3. The number of aliphatic hydroxyl groups is 1. The molecule has 0 spiro atoms. The van der Waals surface area contributed by atoms with Crippen LogP contribution in [0.3, 0.4) is 0 Å². The average Bonchev–Trinajstić information content (AvgIpc) is 2.35. The fourth-order valence-electron chi connectivity index (χ4n) is 2.13. The van der Waals surface area contributed by atoms with Crippen LogP contribution in [0, 0.1) is 6.92 Å². The van der Waals surface area contributed by atoms with Crippen LogP contribution in [-0.2, 0) is 4.79 Å². The van der Waals surface area contributed by atoms with Gasteiger partial charge in [-0.3, -0.25) is 10.1 Å². The van der Waals surface area contributed by atoms with Crippen LogP contribution >= 0.6 is 15.9 Å². The normalized spacial score (nSPS) is 24.4. The molecule has 4 nitrogen and oxygen atoms in total. The highest BCUT2D eigenvalue weighted by molar-refractivity contribution is 9.10. The van der Waals surface area contributed by atoms with Crippen molar-refractivity contribution in [3.8, 4) is 0 Å². The number of hydrogen-bond donors (Lipinski definition) is 2. The molecule has 1 fully saturated rings. The molecule has 2 atom stereocenters. The Labute approximate surface area is 115 Å². The number of carbonyl (C=O) groups excluding carboxylic acids is 1. The van der Waals surface area contributed by atoms with Gasteiger partial charge in [-0.05, 0) is 31.5 Å². The maximum atomic E-state index is 12.2. The van der Waals surface area contributed by atoms with Gasteiger partial charge in [0.15, 0.2) is 0 Å². The van der Waals surface area contributed by atoms with Crippen molar-refractivity contribution in [3.05, 3.63) is 28.2 Å². The number of amides is 1. The molecule has 0 saturated carbocycles. The number of nitrogens with zero attached hydrogens (tertiary/aromatic N) is 1. The Kier molecular flexibility index (Phi) is 4.04. The number of aliphatic hydroxyl groups excluding tert-OH is 1. The summed E-state index contributed by atoms with van der Waals surface area (Å²) in [5.74, 6) is -0.0775. The van der Waals surface area contributed by atoms with Crippen molar-refractivity contribution < 1.29 is 9.90 Å². The predicted octanol–water partition coefficient (Wildman–Crippen LogP) is 1.44. The summed E-state index contributed by atoms with van der Waals surface area (Å²) in [6.07, 6.45) is 0. The van der Waals surface area contributed by atoms with Gasteiger partial charge in [0.1, 0.15) is 6.04 Å². The zero-order chi connectivity index (χ0) is 13.3. The van der Waals surface area contributed by atoms with Crippen LogP contribution in [-0.4, -0.2) is 36.2 Å². The van der Waals surface area contributed by atoms with Gasteiger partial charge in [-0.25, -0.2) is 0 Å². The van der Waals surface area contributed by atoms with Crippen LogP contribution < -0.4 is 10.2 Å². The minimum atomic E-state index is -0.506. The predicted molar refractivity (Wildman–Crippen MR) is 74.7 cm³/mol. The molecule has 2 unspecified atom stereocenters. The number of hydrogen-bond acceptors (Lipinski definition) is 3. The lowest BCUT2D eigenvalue weighted by Gasteiger charge is -2.36. The maximum absolute atomic E-state index is 12.2. The van der Waals surface area contributed by atoms with Gasteiger partial charge in [-0.15, -0.1) is 0 Å². The van der Waals surface area contributed by atoms with Crippen molar-refractivity contribution in [1.29, 1.82) is 0 Å². The third-order valence-electron chi connectivity index (χ3n) is 3.16. The molecule has 0 aromatic heterocycles. The van der Waals surface area contributed by atoms with Gasteiger partial charge < -0.3 is 10.0 Å². The highest BCUT2D eigenvalue weighted by Crippen LogP contribution is 2.25. The Balaban J connectivity index is 2.30. The van der Waals surface area contributed by atoms with E-state index in [0.717, 1.165) is 15.7 Å². The molecule has 0 aliphatic carbocycles. The SMILES string of the molecule is Cc1ccc(N2CC(C)NC(CO)C2=O)cc1Br. The molecule has 18 heavy (non-hydrogen) atoms. The first-order valence-corrected chi connectivity index (χ1v) is 6.76. The maximum Gasteiger partial charge on any atom is 0.246 e. The van der Waals surface area contributed by atoms with Crippen molar-refractivity contribution in [1.82, 2.24) is 5.32 Å². The third kappa shape index (κ3) is 2.58. The summed E-state index contributed by atoms with van der Waals surface area (Å²) in [7, 11) is 0. The number of rotatable bonds is 2. The van der Waals surface area contributed by atoms with Gasteiger partial charge in [0.2, 0.25) is 5.91 Å². The topological polar surface area (TPSA) is 52.6 Å². The van der Waals surface area contributed by atoms with E-state index in [1.54, 1.807) is 4.90 Å². The molecule has 1 saturated heterocycles. The fraction of sp³-hybridized carbons (Fsp3) is 0.462. The first kappa shape index (κ1) is 13.5. The first-order chi connectivity index (χ1) is 8.52. The molecule has 2 N–H and O–H groups in total. The molecule has 1 heterocycles. The van der Waals surface area contributed by atoms with Crippen LogP contribution in [0.15, 0.2) is 22.7 Å². The van der Waals surface area contributed by atoms with Crippen LogP contribution in [0.4, 0.5) is 5.69 Å². The Hall–Kier alpha value is -0.910. The zero-order valence-corrected chi connectivity index (χ0v) is 12.1. The van der Waals surface area contributed by atoms with E-state index >= 15 is 0 Å². The van der Waals surface area contributed by atoms with E-state index < -0.39 is 6.04 Å². The van der Waals surface area contributed by atoms with Gasteiger partial charge in [0, 0.05) is 22.7 Å². The first-order valence-electron chi connectivity index (χ1n) is 5.97. The van der Waals surface area contributed by atoms with Gasteiger partial charge in [0.25, 0.3) is 0 Å². The minimum absolute atomic E-state index is 0.0775. The molecule has 1 amide bonds. The van der Waals surface area contributed by atoms with Gasteiger partial charge in [0.05, 0.1) is 6.61 Å². The molecular formula is C13H17BrN2O2. The highest BCUT2D eigenvalue weighted by Gasteiger charge is 2.32. The fourth-order valence-corrected chi connectivity index (χ4v) is 2.50. The number of anilines is 1. The minimum Gasteiger partial charge on any atom is -0.394 e. The van der Waals surface area contributed by atoms with E-state index in [0.29, 0.717) is 6.54 Å². The molecular weight excluding hydrogens is 296 g/mol. The largest absolute Gasteiger partial charge is 0.394 e. The molecule has 5 heteroatoms. The van der Waals surface area contributed by atoms with Crippen LogP contribution in [0.1, 0.15) is 12.5 Å². The molecule has 1 aromatic carbocycles. The van der Waals surface area contributed by atoms with Gasteiger partial charge in [-0.2, -0.15) is 0 Å². The van der Waals surface area contributed by atoms with Crippen molar-refractivity contribution >= 4 is 27.5 Å². The van der Waals surface area contributed by atoms with Crippen molar-refractivity contribution in [2.24, 2.45) is 0 Å². The lowest BCUT2D eigenvalue weighted by molar-refractivity contribution is -0.123. The van der Waals surface area contributed by atoms with Gasteiger partial charge in [-0.1, -0.05) is 22.0 Å². The number of nitrogens with one attached hydrogen (secondary N) is 1. The summed E-state index contributed by atoms with van der Waals surface area (Å²) in [6.45, 7) is 4.45. The number of piperazine rings is 1. The molecule has 1 aromatic rings. The van der Waals surface area contributed by atoms with E-state index in [9.17, 15) is 9.90 Å².